The Kier molecular flexibility index (Phi) is 4.86. The molecule has 0 radical (unpaired) electrons. The van der Waals surface area contributed by atoms with Crippen LogP contribution in [0.1, 0.15) is 5.56 Å². The van der Waals surface area contributed by atoms with Gasteiger partial charge in [-0.2, -0.15) is 18.2 Å². The summed E-state index contributed by atoms with van der Waals surface area (Å²) in [7, 11) is 0. The Bertz CT molecular complexity index is 633. The second-order valence-corrected chi connectivity index (χ2v) is 4.45. The Morgan fingerprint density at radius 1 is 1.32 bits per heavy atom. The number of hydrogen-bond acceptors (Lipinski definition) is 6. The molecule has 0 unspecified atom stereocenters. The van der Waals surface area contributed by atoms with Crippen LogP contribution < -0.4 is 15.8 Å². The highest BCUT2D eigenvalue weighted by Crippen LogP contribution is 2.34. The Balaban J connectivity index is 1.92. The van der Waals surface area contributed by atoms with Crippen LogP contribution in [0.25, 0.3) is 0 Å². The number of nitrogen functional groups attached to an aromatic ring is 1. The van der Waals surface area contributed by atoms with Gasteiger partial charge in [-0.3, -0.25) is 0 Å². The summed E-state index contributed by atoms with van der Waals surface area (Å²) in [5, 5.41) is 2.96. The van der Waals surface area contributed by atoms with Gasteiger partial charge in [-0.05, 0) is 12.1 Å². The number of alkyl halides is 3. The van der Waals surface area contributed by atoms with Crippen LogP contribution in [0.15, 0.2) is 24.4 Å². The molecular weight excluding hydrogens is 323 g/mol. The van der Waals surface area contributed by atoms with Gasteiger partial charge in [-0.25, -0.2) is 9.97 Å². The maximum atomic E-state index is 12.7. The monoisotopic (exact) mass is 333 g/mol. The van der Waals surface area contributed by atoms with Crippen molar-refractivity contribution in [2.24, 2.45) is 0 Å². The number of aromatic nitrogens is 3. The van der Waals surface area contributed by atoms with Crippen LogP contribution in [0.3, 0.4) is 0 Å². The van der Waals surface area contributed by atoms with E-state index in [-0.39, 0.29) is 24.3 Å². The fraction of sp³-hybridized carbons (Fsp3) is 0.250. The Morgan fingerprint density at radius 2 is 2.09 bits per heavy atom. The lowest BCUT2D eigenvalue weighted by atomic mass is 10.2. The molecule has 6 nitrogen and oxygen atoms in total. The van der Waals surface area contributed by atoms with E-state index in [0.717, 1.165) is 6.07 Å². The zero-order valence-corrected chi connectivity index (χ0v) is 11.8. The highest BCUT2D eigenvalue weighted by molar-refractivity contribution is 6.29. The first kappa shape index (κ1) is 16.1. The first-order chi connectivity index (χ1) is 10.4. The molecule has 2 rings (SSSR count). The van der Waals surface area contributed by atoms with Crippen LogP contribution in [0.4, 0.5) is 24.9 Å². The molecule has 0 fully saturated rings. The summed E-state index contributed by atoms with van der Waals surface area (Å²) < 4.78 is 43.2. The van der Waals surface area contributed by atoms with E-state index in [4.69, 9.17) is 22.1 Å². The summed E-state index contributed by atoms with van der Waals surface area (Å²) in [6.45, 7) is 0.127. The predicted octanol–water partition coefficient (Wildman–Crippen LogP) is 2.62. The van der Waals surface area contributed by atoms with Gasteiger partial charge in [0.1, 0.15) is 23.1 Å². The maximum absolute atomic E-state index is 12.7. The average molecular weight is 334 g/mol. The largest absolute Gasteiger partial charge is 0.475 e. The molecule has 0 aromatic carbocycles. The van der Waals surface area contributed by atoms with Gasteiger partial charge in [-0.1, -0.05) is 11.6 Å². The van der Waals surface area contributed by atoms with E-state index in [2.05, 4.69) is 20.3 Å². The number of nitrogens with one attached hydrogen (secondary N) is 1. The van der Waals surface area contributed by atoms with E-state index in [0.29, 0.717) is 5.82 Å². The number of halogens is 4. The van der Waals surface area contributed by atoms with Gasteiger partial charge >= 0.3 is 6.18 Å². The smallest absolute Gasteiger partial charge is 0.421 e. The Labute approximate surface area is 128 Å². The molecule has 0 bridgehead atoms. The average Bonchev–Trinajstić information content (AvgIpc) is 2.42. The van der Waals surface area contributed by atoms with E-state index < -0.39 is 17.6 Å². The molecule has 0 saturated heterocycles. The van der Waals surface area contributed by atoms with Crippen molar-refractivity contribution in [3.63, 3.8) is 0 Å². The number of anilines is 2. The number of pyridine rings is 1. The number of nitrogens with two attached hydrogens (primary N) is 1. The molecule has 0 spiro atoms. The van der Waals surface area contributed by atoms with Crippen LogP contribution in [-0.4, -0.2) is 28.1 Å². The number of ether oxygens (including phenoxy) is 1. The van der Waals surface area contributed by atoms with Crippen molar-refractivity contribution in [1.82, 2.24) is 15.0 Å². The van der Waals surface area contributed by atoms with E-state index in [1.165, 1.54) is 18.3 Å². The van der Waals surface area contributed by atoms with Gasteiger partial charge in [0.25, 0.3) is 0 Å². The third kappa shape index (κ3) is 4.35. The minimum Gasteiger partial charge on any atom is -0.475 e. The van der Waals surface area contributed by atoms with E-state index in [1.807, 2.05) is 0 Å². The Morgan fingerprint density at radius 3 is 2.77 bits per heavy atom. The normalized spacial score (nSPS) is 11.3. The molecule has 0 aliphatic heterocycles. The maximum Gasteiger partial charge on any atom is 0.421 e. The fourth-order valence-electron chi connectivity index (χ4n) is 1.57. The molecule has 2 aromatic rings. The van der Waals surface area contributed by atoms with Crippen molar-refractivity contribution >= 4 is 23.4 Å². The van der Waals surface area contributed by atoms with Gasteiger partial charge < -0.3 is 15.8 Å². The molecule has 0 amide bonds. The van der Waals surface area contributed by atoms with Crippen LogP contribution in [0.2, 0.25) is 5.15 Å². The van der Waals surface area contributed by atoms with Crippen molar-refractivity contribution in [2.75, 3.05) is 24.2 Å². The van der Waals surface area contributed by atoms with Gasteiger partial charge in [0.05, 0.1) is 6.54 Å². The SMILES string of the molecule is Nc1nc(Cl)cc(NCCOc2ncccc2C(F)(F)F)n1. The zero-order chi connectivity index (χ0) is 16.2. The lowest BCUT2D eigenvalue weighted by Crippen LogP contribution is -2.16. The van der Waals surface area contributed by atoms with Crippen LogP contribution in [0.5, 0.6) is 5.88 Å². The Hall–Kier alpha value is -2.29. The van der Waals surface area contributed by atoms with E-state index in [1.54, 1.807) is 0 Å². The van der Waals surface area contributed by atoms with Gasteiger partial charge in [0, 0.05) is 12.3 Å². The third-order valence-electron chi connectivity index (χ3n) is 2.44. The summed E-state index contributed by atoms with van der Waals surface area (Å²) in [4.78, 5) is 11.1. The van der Waals surface area contributed by atoms with Crippen molar-refractivity contribution in [1.29, 1.82) is 0 Å². The van der Waals surface area contributed by atoms with Crippen LogP contribution in [0, 0.1) is 0 Å². The van der Waals surface area contributed by atoms with Gasteiger partial charge in [-0.15, -0.1) is 0 Å². The minimum absolute atomic E-state index is 0.0139. The number of hydrogen-bond donors (Lipinski definition) is 2. The zero-order valence-electron chi connectivity index (χ0n) is 11.1. The molecule has 3 N–H and O–H groups in total. The van der Waals surface area contributed by atoms with Crippen LogP contribution in [-0.2, 0) is 6.18 Å². The van der Waals surface area contributed by atoms with E-state index >= 15 is 0 Å². The van der Waals surface area contributed by atoms with Gasteiger partial charge in [0.2, 0.25) is 11.8 Å². The van der Waals surface area contributed by atoms with Crippen molar-refractivity contribution < 1.29 is 17.9 Å². The lowest BCUT2D eigenvalue weighted by molar-refractivity contribution is -0.139. The second-order valence-electron chi connectivity index (χ2n) is 4.06. The molecule has 10 heteroatoms. The number of rotatable bonds is 5. The fourth-order valence-corrected chi connectivity index (χ4v) is 1.76. The lowest BCUT2D eigenvalue weighted by Gasteiger charge is -2.12. The second kappa shape index (κ2) is 6.65. The quantitative estimate of drug-likeness (QED) is 0.646. The highest BCUT2D eigenvalue weighted by Gasteiger charge is 2.34. The minimum atomic E-state index is -4.52. The summed E-state index contributed by atoms with van der Waals surface area (Å²) in [5.74, 6) is -0.143. The topological polar surface area (TPSA) is 86.0 Å². The third-order valence-corrected chi connectivity index (χ3v) is 2.63. The van der Waals surface area contributed by atoms with Crippen LogP contribution >= 0.6 is 11.6 Å². The first-order valence-electron chi connectivity index (χ1n) is 6.05. The van der Waals surface area contributed by atoms with Gasteiger partial charge in [0.15, 0.2) is 0 Å². The molecule has 2 aromatic heterocycles. The van der Waals surface area contributed by atoms with E-state index in [9.17, 15) is 13.2 Å². The summed E-state index contributed by atoms with van der Waals surface area (Å²) in [5.41, 5.74) is 4.48. The van der Waals surface area contributed by atoms with Crippen molar-refractivity contribution in [3.05, 3.63) is 35.1 Å². The number of nitrogens with zero attached hydrogens (tertiary/aromatic N) is 3. The molecule has 0 aliphatic rings. The highest BCUT2D eigenvalue weighted by atomic mass is 35.5. The summed E-state index contributed by atoms with van der Waals surface area (Å²) in [6.07, 6.45) is -3.30. The predicted molar refractivity (Wildman–Crippen MR) is 74.7 cm³/mol. The van der Waals surface area contributed by atoms with Crippen molar-refractivity contribution in [3.8, 4) is 5.88 Å². The molecule has 0 saturated carbocycles. The molecule has 2 heterocycles. The molecule has 22 heavy (non-hydrogen) atoms. The molecule has 118 valence electrons. The van der Waals surface area contributed by atoms with Crippen molar-refractivity contribution in [2.45, 2.75) is 6.18 Å². The summed E-state index contributed by atoms with van der Waals surface area (Å²) in [6, 6.07) is 3.53. The first-order valence-corrected chi connectivity index (χ1v) is 6.43. The summed E-state index contributed by atoms with van der Waals surface area (Å²) >= 11 is 5.69. The standard InChI is InChI=1S/C12H11ClF3N5O/c13-8-6-9(21-11(17)20-8)18-4-5-22-10-7(12(14,15)16)2-1-3-19-10/h1-3,6H,4-5H2,(H3,17,18,20,21). The molecular formula is C12H11ClF3N5O. The molecule has 0 atom stereocenters. The molecule has 0 aliphatic carbocycles.